The fourth-order valence-corrected chi connectivity index (χ4v) is 1.44. The Kier molecular flexibility index (Phi) is 4.20. The molecule has 1 rings (SSSR count). The molecule has 0 aliphatic rings. The molecule has 0 saturated heterocycles. The molecule has 17 heavy (non-hydrogen) atoms. The lowest BCUT2D eigenvalue weighted by atomic mass is 10.2. The summed E-state index contributed by atoms with van der Waals surface area (Å²) < 4.78 is 15.6. The zero-order chi connectivity index (χ0) is 13.0. The van der Waals surface area contributed by atoms with Crippen LogP contribution in [0.1, 0.15) is 6.92 Å². The third-order valence-electron chi connectivity index (χ3n) is 2.52. The summed E-state index contributed by atoms with van der Waals surface area (Å²) in [5, 5.41) is 0. The molecule has 0 heterocycles. The third-order valence-corrected chi connectivity index (χ3v) is 2.52. The molecule has 1 aromatic carbocycles. The Morgan fingerprint density at radius 1 is 1.00 bits per heavy atom. The summed E-state index contributed by atoms with van der Waals surface area (Å²) in [4.78, 5) is 12.9. The molecule has 1 amide bonds. The summed E-state index contributed by atoms with van der Waals surface area (Å²) >= 11 is 0. The topological polar surface area (TPSA) is 48.0 Å². The smallest absolute Gasteiger partial charge is 0.223 e. The molecule has 0 saturated carbocycles. The van der Waals surface area contributed by atoms with Crippen LogP contribution in [0.4, 0.5) is 5.69 Å². The monoisotopic (exact) mass is 239 g/mol. The van der Waals surface area contributed by atoms with Crippen LogP contribution in [-0.2, 0) is 4.79 Å². The number of benzene rings is 1. The van der Waals surface area contributed by atoms with Crippen LogP contribution in [0, 0.1) is 0 Å². The first-order chi connectivity index (χ1) is 8.04. The van der Waals surface area contributed by atoms with Gasteiger partial charge in [0.25, 0.3) is 0 Å². The molecule has 0 unspecified atom stereocenters. The number of carbonyl (C=O) groups is 1. The Morgan fingerprint density at radius 2 is 1.47 bits per heavy atom. The van der Waals surface area contributed by atoms with Crippen LogP contribution >= 0.6 is 0 Å². The number of anilines is 1. The number of ether oxygens (including phenoxy) is 3. The highest BCUT2D eigenvalue weighted by Gasteiger charge is 2.16. The molecule has 0 spiro atoms. The van der Waals surface area contributed by atoms with Crippen molar-refractivity contribution in [3.05, 3.63) is 12.1 Å². The number of hydrogen-bond donors (Lipinski definition) is 0. The first-order valence-corrected chi connectivity index (χ1v) is 5.09. The molecular weight excluding hydrogens is 222 g/mol. The molecule has 0 aliphatic heterocycles. The van der Waals surface area contributed by atoms with Crippen molar-refractivity contribution >= 4 is 11.6 Å². The number of rotatable bonds is 4. The Hall–Kier alpha value is -1.91. The van der Waals surface area contributed by atoms with Crippen molar-refractivity contribution in [2.75, 3.05) is 33.3 Å². The lowest BCUT2D eigenvalue weighted by Gasteiger charge is -2.20. The Labute approximate surface area is 101 Å². The van der Waals surface area contributed by atoms with Gasteiger partial charge in [0.15, 0.2) is 11.5 Å². The van der Waals surface area contributed by atoms with Gasteiger partial charge in [0.2, 0.25) is 5.91 Å². The fourth-order valence-electron chi connectivity index (χ4n) is 1.44. The molecule has 0 aromatic heterocycles. The van der Waals surface area contributed by atoms with E-state index >= 15 is 0 Å². The van der Waals surface area contributed by atoms with E-state index in [0.717, 1.165) is 0 Å². The van der Waals surface area contributed by atoms with E-state index in [9.17, 15) is 4.79 Å². The minimum absolute atomic E-state index is 0.0875. The van der Waals surface area contributed by atoms with E-state index in [1.807, 2.05) is 0 Å². The molecule has 0 radical (unpaired) electrons. The standard InChI is InChI=1S/C12H17NO4/c1-8(14)13(2)9-6-11(16-4)12(17-5)7-10(9)15-3/h6-7H,1-5H3. The van der Waals surface area contributed by atoms with Gasteiger partial charge in [-0.05, 0) is 0 Å². The van der Waals surface area contributed by atoms with Crippen molar-refractivity contribution in [1.82, 2.24) is 0 Å². The normalized spacial score (nSPS) is 9.71. The lowest BCUT2D eigenvalue weighted by molar-refractivity contribution is -0.116. The SMILES string of the molecule is COc1cc(OC)c(N(C)C(C)=O)cc1OC. The van der Waals surface area contributed by atoms with Gasteiger partial charge < -0.3 is 19.1 Å². The van der Waals surface area contributed by atoms with Gasteiger partial charge in [-0.25, -0.2) is 0 Å². The molecule has 0 aliphatic carbocycles. The average molecular weight is 239 g/mol. The Morgan fingerprint density at radius 3 is 1.88 bits per heavy atom. The van der Waals surface area contributed by atoms with Gasteiger partial charge >= 0.3 is 0 Å². The van der Waals surface area contributed by atoms with Crippen LogP contribution in [0.25, 0.3) is 0 Å². The summed E-state index contributed by atoms with van der Waals surface area (Å²) in [6, 6.07) is 3.40. The third kappa shape index (κ3) is 2.61. The van der Waals surface area contributed by atoms with Gasteiger partial charge in [0, 0.05) is 26.1 Å². The number of nitrogens with zero attached hydrogens (tertiary/aromatic N) is 1. The predicted octanol–water partition coefficient (Wildman–Crippen LogP) is 1.70. The second-order valence-corrected chi connectivity index (χ2v) is 3.46. The number of amides is 1. The predicted molar refractivity (Wildman–Crippen MR) is 65.2 cm³/mol. The lowest BCUT2D eigenvalue weighted by Crippen LogP contribution is -2.23. The maximum Gasteiger partial charge on any atom is 0.223 e. The van der Waals surface area contributed by atoms with Gasteiger partial charge in [-0.3, -0.25) is 4.79 Å². The second-order valence-electron chi connectivity index (χ2n) is 3.46. The van der Waals surface area contributed by atoms with E-state index < -0.39 is 0 Å². The van der Waals surface area contributed by atoms with Crippen molar-refractivity contribution in [2.24, 2.45) is 0 Å². The molecule has 94 valence electrons. The maximum absolute atomic E-state index is 11.4. The summed E-state index contributed by atoms with van der Waals surface area (Å²) in [7, 11) is 6.30. The molecule has 0 N–H and O–H groups in total. The van der Waals surface area contributed by atoms with E-state index in [1.165, 1.54) is 11.8 Å². The van der Waals surface area contributed by atoms with Crippen LogP contribution in [0.15, 0.2) is 12.1 Å². The van der Waals surface area contributed by atoms with Crippen LogP contribution in [0.3, 0.4) is 0 Å². The van der Waals surface area contributed by atoms with Gasteiger partial charge in [0.05, 0.1) is 27.0 Å². The average Bonchev–Trinajstić information content (AvgIpc) is 2.35. The zero-order valence-corrected chi connectivity index (χ0v) is 10.7. The van der Waals surface area contributed by atoms with Crippen LogP contribution < -0.4 is 19.1 Å². The second kappa shape index (κ2) is 5.43. The molecular formula is C12H17NO4. The summed E-state index contributed by atoms with van der Waals surface area (Å²) in [5.41, 5.74) is 0.637. The highest BCUT2D eigenvalue weighted by molar-refractivity contribution is 5.93. The van der Waals surface area contributed by atoms with Crippen LogP contribution in [-0.4, -0.2) is 34.3 Å². The number of methoxy groups -OCH3 is 3. The highest BCUT2D eigenvalue weighted by atomic mass is 16.5. The van der Waals surface area contributed by atoms with Gasteiger partial charge in [-0.15, -0.1) is 0 Å². The van der Waals surface area contributed by atoms with Gasteiger partial charge in [-0.1, -0.05) is 0 Å². The van der Waals surface area contributed by atoms with E-state index in [1.54, 1.807) is 40.5 Å². The first kappa shape index (κ1) is 13.2. The number of hydrogen-bond acceptors (Lipinski definition) is 4. The van der Waals surface area contributed by atoms with Crippen LogP contribution in [0.2, 0.25) is 0 Å². The van der Waals surface area contributed by atoms with Crippen molar-refractivity contribution < 1.29 is 19.0 Å². The van der Waals surface area contributed by atoms with E-state index in [2.05, 4.69) is 0 Å². The van der Waals surface area contributed by atoms with E-state index in [4.69, 9.17) is 14.2 Å². The summed E-state index contributed by atoms with van der Waals surface area (Å²) in [6.45, 7) is 1.48. The highest BCUT2D eigenvalue weighted by Crippen LogP contribution is 2.39. The fraction of sp³-hybridized carbons (Fsp3) is 0.417. The van der Waals surface area contributed by atoms with Crippen molar-refractivity contribution in [3.63, 3.8) is 0 Å². The summed E-state index contributed by atoms with van der Waals surface area (Å²) in [6.07, 6.45) is 0. The first-order valence-electron chi connectivity index (χ1n) is 5.09. The minimum atomic E-state index is -0.0875. The maximum atomic E-state index is 11.4. The largest absolute Gasteiger partial charge is 0.494 e. The number of carbonyl (C=O) groups excluding carboxylic acids is 1. The minimum Gasteiger partial charge on any atom is -0.494 e. The van der Waals surface area contributed by atoms with Crippen molar-refractivity contribution in [3.8, 4) is 17.2 Å². The Balaban J connectivity index is 3.33. The zero-order valence-electron chi connectivity index (χ0n) is 10.7. The molecule has 0 fully saturated rings. The molecule has 0 atom stereocenters. The molecule has 5 heteroatoms. The summed E-state index contributed by atoms with van der Waals surface area (Å²) in [5.74, 6) is 1.58. The quantitative estimate of drug-likeness (QED) is 0.802. The van der Waals surface area contributed by atoms with Gasteiger partial charge in [0.1, 0.15) is 5.75 Å². The molecule has 5 nitrogen and oxygen atoms in total. The van der Waals surface area contributed by atoms with E-state index in [0.29, 0.717) is 22.9 Å². The molecule has 0 bridgehead atoms. The van der Waals surface area contributed by atoms with Crippen LogP contribution in [0.5, 0.6) is 17.2 Å². The van der Waals surface area contributed by atoms with Gasteiger partial charge in [-0.2, -0.15) is 0 Å². The van der Waals surface area contributed by atoms with E-state index in [-0.39, 0.29) is 5.91 Å². The Bertz CT molecular complexity index is 417. The molecule has 1 aromatic rings. The van der Waals surface area contributed by atoms with Crippen molar-refractivity contribution in [2.45, 2.75) is 6.92 Å². The van der Waals surface area contributed by atoms with Crippen molar-refractivity contribution in [1.29, 1.82) is 0 Å².